The van der Waals surface area contributed by atoms with Crippen molar-refractivity contribution in [1.82, 2.24) is 19.3 Å². The minimum Gasteiger partial charge on any atom is -0.406 e. The van der Waals surface area contributed by atoms with Gasteiger partial charge in [0.25, 0.3) is 0 Å². The fourth-order valence-electron chi connectivity index (χ4n) is 4.97. The second kappa shape index (κ2) is 13.0. The van der Waals surface area contributed by atoms with E-state index >= 15 is 0 Å². The van der Waals surface area contributed by atoms with Crippen LogP contribution in [0.2, 0.25) is 0 Å². The van der Waals surface area contributed by atoms with E-state index in [9.17, 15) is 26.3 Å². The van der Waals surface area contributed by atoms with Crippen molar-refractivity contribution in [1.29, 1.82) is 0 Å². The molecule has 0 unspecified atom stereocenters. The van der Waals surface area contributed by atoms with Crippen LogP contribution in [0.25, 0.3) is 34.0 Å². The Kier molecular flexibility index (Phi) is 8.75. The van der Waals surface area contributed by atoms with Gasteiger partial charge in [-0.15, -0.1) is 34.7 Å². The van der Waals surface area contributed by atoms with Crippen molar-refractivity contribution >= 4 is 17.6 Å². The van der Waals surface area contributed by atoms with E-state index in [0.29, 0.717) is 33.1 Å². The quantitative estimate of drug-likeness (QED) is 0.0962. The molecule has 0 radical (unpaired) electrons. The normalized spacial score (nSPS) is 12.6. The largest absolute Gasteiger partial charge is 0.573 e. The number of aryl methyl sites for hydroxylation is 2. The van der Waals surface area contributed by atoms with E-state index in [1.54, 1.807) is 30.5 Å². The van der Waals surface area contributed by atoms with Crippen LogP contribution in [0.4, 0.5) is 26.3 Å². The topological polar surface area (TPSA) is 69.6 Å². The lowest BCUT2D eigenvalue weighted by Crippen LogP contribution is -2.17. The molecule has 0 aliphatic heterocycles. The van der Waals surface area contributed by atoms with Gasteiger partial charge in [0, 0.05) is 10.9 Å². The molecule has 244 valence electrons. The summed E-state index contributed by atoms with van der Waals surface area (Å²) in [6.45, 7) is 3.92. The van der Waals surface area contributed by atoms with Crippen molar-refractivity contribution < 1.29 is 31.1 Å². The number of thiazole rings is 1. The molecule has 0 saturated heterocycles. The van der Waals surface area contributed by atoms with Crippen molar-refractivity contribution in [2.75, 3.05) is 0 Å². The summed E-state index contributed by atoms with van der Waals surface area (Å²) in [6.07, 6.45) is -6.18. The van der Waals surface area contributed by atoms with Crippen LogP contribution < -0.4 is 9.54 Å². The van der Waals surface area contributed by atoms with Crippen molar-refractivity contribution in [3.05, 3.63) is 130 Å². The first-order valence-electron chi connectivity index (χ1n) is 14.3. The highest BCUT2D eigenvalue weighted by Gasteiger charge is 2.31. The van der Waals surface area contributed by atoms with E-state index in [-0.39, 0.29) is 5.75 Å². The molecule has 4 aromatic carbocycles. The molecular weight excluding hydrogens is 654 g/mol. The monoisotopic (exact) mass is 678 g/mol. The lowest BCUT2D eigenvalue weighted by molar-refractivity contribution is -0.274. The third-order valence-electron chi connectivity index (χ3n) is 7.22. The first-order valence-corrected chi connectivity index (χ1v) is 15.1. The van der Waals surface area contributed by atoms with Crippen LogP contribution in [0, 0.1) is 13.8 Å². The van der Waals surface area contributed by atoms with E-state index in [0.717, 1.165) is 34.5 Å². The van der Waals surface area contributed by atoms with Crippen LogP contribution in [-0.4, -0.2) is 31.9 Å². The molecule has 0 bridgehead atoms. The van der Waals surface area contributed by atoms with Gasteiger partial charge < -0.3 is 4.74 Å². The molecule has 0 aliphatic carbocycles. The molecule has 6 aromatic rings. The van der Waals surface area contributed by atoms with Gasteiger partial charge in [-0.05, 0) is 72.5 Å². The van der Waals surface area contributed by atoms with Crippen molar-refractivity contribution in [3.8, 4) is 39.8 Å². The summed E-state index contributed by atoms with van der Waals surface area (Å²) in [7, 11) is 0. The van der Waals surface area contributed by atoms with E-state index in [1.165, 1.54) is 58.7 Å². The fourth-order valence-corrected chi connectivity index (χ4v) is 5.82. The highest BCUT2D eigenvalue weighted by molar-refractivity contribution is 7.07. The van der Waals surface area contributed by atoms with Crippen molar-refractivity contribution in [2.24, 2.45) is 10.2 Å². The summed E-state index contributed by atoms with van der Waals surface area (Å²) in [6, 6.07) is 23.3. The molecule has 14 heteroatoms. The predicted molar refractivity (Wildman–Crippen MR) is 170 cm³/mol. The number of rotatable bonds is 7. The molecule has 2 heterocycles. The summed E-state index contributed by atoms with van der Waals surface area (Å²) in [4.78, 5) is 4.83. The van der Waals surface area contributed by atoms with Gasteiger partial charge in [0.2, 0.25) is 4.80 Å². The number of nitrogens with zero attached hydrogens (tertiary/aromatic N) is 6. The molecule has 0 fully saturated rings. The van der Waals surface area contributed by atoms with Crippen LogP contribution in [0.15, 0.2) is 113 Å². The van der Waals surface area contributed by atoms with Crippen LogP contribution in [0.3, 0.4) is 0 Å². The Hall–Kier alpha value is -5.50. The molecule has 7 nitrogen and oxygen atoms in total. The third kappa shape index (κ3) is 7.23. The number of benzene rings is 4. The average Bonchev–Trinajstić information content (AvgIpc) is 3.69. The van der Waals surface area contributed by atoms with Gasteiger partial charge in [-0.25, -0.2) is 9.67 Å². The fraction of sp³-hybridized carbons (Fsp3) is 0.118. The van der Waals surface area contributed by atoms with Crippen LogP contribution in [0.5, 0.6) is 5.75 Å². The predicted octanol–water partition coefficient (Wildman–Crippen LogP) is 8.92. The summed E-state index contributed by atoms with van der Waals surface area (Å²) in [5.74, 6) is 0.0668. The first kappa shape index (κ1) is 32.4. The Morgan fingerprint density at radius 2 is 1.44 bits per heavy atom. The Morgan fingerprint density at radius 1 is 0.792 bits per heavy atom. The molecule has 0 atom stereocenters. The molecule has 2 aromatic heterocycles. The first-order chi connectivity index (χ1) is 22.9. The minimum atomic E-state index is -4.78. The Labute approximate surface area is 273 Å². The van der Waals surface area contributed by atoms with Gasteiger partial charge in [-0.3, -0.25) is 4.57 Å². The van der Waals surface area contributed by atoms with Gasteiger partial charge in [0.15, 0.2) is 5.82 Å². The maximum Gasteiger partial charge on any atom is 0.573 e. The maximum absolute atomic E-state index is 13.2. The molecule has 0 aliphatic rings. The van der Waals surface area contributed by atoms with E-state index in [1.807, 2.05) is 42.0 Å². The number of alkyl halides is 6. The van der Waals surface area contributed by atoms with Crippen LogP contribution in [0.1, 0.15) is 22.3 Å². The molecule has 0 saturated carbocycles. The Balaban J connectivity index is 1.25. The number of ether oxygens (including phenoxy) is 1. The van der Waals surface area contributed by atoms with Crippen LogP contribution in [-0.2, 0) is 6.18 Å². The zero-order valence-corrected chi connectivity index (χ0v) is 26.0. The number of hydrogen-bond acceptors (Lipinski definition) is 6. The Bertz CT molecular complexity index is 2120. The standard InChI is InChI=1S/C34H24F6N6OS/c1-21-4-3-5-22(2)30(21)46-29(24-10-12-26(13-11-24)33(35,36)37)19-48-32(46)43-42-18-23-6-8-25(9-7-23)31-41-20-45(44-31)27-14-16-28(17-15-27)47-34(38,39)40/h3-20H,1-2H3/b42-18+,43-32-. The zero-order valence-electron chi connectivity index (χ0n) is 25.2. The third-order valence-corrected chi connectivity index (χ3v) is 8.04. The lowest BCUT2D eigenvalue weighted by Gasteiger charge is -2.15. The molecule has 0 spiro atoms. The van der Waals surface area contributed by atoms with E-state index in [4.69, 9.17) is 0 Å². The molecular formula is C34H24F6N6OS. The molecule has 0 N–H and O–H groups in total. The number of para-hydroxylation sites is 1. The minimum absolute atomic E-state index is 0.339. The second-order valence-electron chi connectivity index (χ2n) is 10.6. The number of aromatic nitrogens is 4. The van der Waals surface area contributed by atoms with Crippen molar-refractivity contribution in [3.63, 3.8) is 0 Å². The number of halogens is 6. The average molecular weight is 679 g/mol. The highest BCUT2D eigenvalue weighted by atomic mass is 32.1. The van der Waals surface area contributed by atoms with E-state index < -0.39 is 18.1 Å². The summed E-state index contributed by atoms with van der Waals surface area (Å²) >= 11 is 1.32. The smallest absolute Gasteiger partial charge is 0.406 e. The van der Waals surface area contributed by atoms with Gasteiger partial charge in [-0.1, -0.05) is 54.6 Å². The zero-order chi connectivity index (χ0) is 34.1. The van der Waals surface area contributed by atoms with Crippen molar-refractivity contribution in [2.45, 2.75) is 26.4 Å². The maximum atomic E-state index is 13.2. The van der Waals surface area contributed by atoms with Gasteiger partial charge >= 0.3 is 12.5 Å². The summed E-state index contributed by atoms with van der Waals surface area (Å²) in [5.41, 5.74) is 5.29. The van der Waals surface area contributed by atoms with Gasteiger partial charge in [-0.2, -0.15) is 18.3 Å². The molecule has 48 heavy (non-hydrogen) atoms. The second-order valence-corrected chi connectivity index (χ2v) is 11.4. The Morgan fingerprint density at radius 3 is 2.06 bits per heavy atom. The highest BCUT2D eigenvalue weighted by Crippen LogP contribution is 2.32. The molecule has 6 rings (SSSR count). The number of hydrogen-bond donors (Lipinski definition) is 0. The summed E-state index contributed by atoms with van der Waals surface area (Å²) in [5, 5.41) is 15.0. The van der Waals surface area contributed by atoms with Gasteiger partial charge in [0.1, 0.15) is 12.1 Å². The lowest BCUT2D eigenvalue weighted by atomic mass is 10.1. The molecule has 0 amide bonds. The summed E-state index contributed by atoms with van der Waals surface area (Å²) < 4.78 is 84.2. The van der Waals surface area contributed by atoms with Crippen LogP contribution >= 0.6 is 11.3 Å². The van der Waals surface area contributed by atoms with E-state index in [2.05, 4.69) is 25.0 Å². The van der Waals surface area contributed by atoms with Gasteiger partial charge in [0.05, 0.1) is 28.8 Å². The SMILES string of the molecule is Cc1cccc(C)c1-n1c(-c2ccc(C(F)(F)F)cc2)cs/c1=N\N=C\c1ccc(-c2ncn(-c3ccc(OC(F)(F)F)cc3)n2)cc1.